The van der Waals surface area contributed by atoms with Crippen LogP contribution in [0.25, 0.3) is 0 Å². The van der Waals surface area contributed by atoms with Gasteiger partial charge in [0.1, 0.15) is 5.75 Å². The molecule has 1 heterocycles. The number of hydrogen-bond acceptors (Lipinski definition) is 5. The first kappa shape index (κ1) is 19.3. The number of sulfonamides is 1. The second-order valence-electron chi connectivity index (χ2n) is 6.04. The van der Waals surface area contributed by atoms with Gasteiger partial charge >= 0.3 is 0 Å². The SMILES string of the molecule is COc1ccc(C(=O)NCc2ccccc2S(=O)(=O)N2CCOCC2)cc1. The van der Waals surface area contributed by atoms with Gasteiger partial charge in [-0.2, -0.15) is 4.31 Å². The van der Waals surface area contributed by atoms with Crippen LogP contribution >= 0.6 is 0 Å². The van der Waals surface area contributed by atoms with Crippen molar-refractivity contribution in [1.82, 2.24) is 9.62 Å². The summed E-state index contributed by atoms with van der Waals surface area (Å²) in [6, 6.07) is 13.4. The van der Waals surface area contributed by atoms with Crippen molar-refractivity contribution in [2.45, 2.75) is 11.4 Å². The highest BCUT2D eigenvalue weighted by Gasteiger charge is 2.28. The van der Waals surface area contributed by atoms with Gasteiger partial charge in [-0.3, -0.25) is 4.79 Å². The lowest BCUT2D eigenvalue weighted by atomic mass is 10.2. The van der Waals surface area contributed by atoms with E-state index >= 15 is 0 Å². The van der Waals surface area contributed by atoms with Crippen LogP contribution in [0.15, 0.2) is 53.4 Å². The molecule has 144 valence electrons. The molecule has 2 aromatic carbocycles. The van der Waals surface area contributed by atoms with Crippen molar-refractivity contribution in [3.05, 3.63) is 59.7 Å². The van der Waals surface area contributed by atoms with Gasteiger partial charge in [-0.05, 0) is 35.9 Å². The molecule has 1 aliphatic rings. The number of methoxy groups -OCH3 is 1. The van der Waals surface area contributed by atoms with Crippen LogP contribution < -0.4 is 10.1 Å². The van der Waals surface area contributed by atoms with Gasteiger partial charge < -0.3 is 14.8 Å². The summed E-state index contributed by atoms with van der Waals surface area (Å²) in [5.74, 6) is 0.379. The molecule has 7 nitrogen and oxygen atoms in total. The van der Waals surface area contributed by atoms with Crippen LogP contribution in [0.2, 0.25) is 0 Å². The third-order valence-corrected chi connectivity index (χ3v) is 6.35. The van der Waals surface area contributed by atoms with Gasteiger partial charge in [-0.25, -0.2) is 8.42 Å². The fraction of sp³-hybridized carbons (Fsp3) is 0.316. The van der Waals surface area contributed by atoms with Crippen molar-refractivity contribution in [3.63, 3.8) is 0 Å². The molecule has 1 amide bonds. The number of ether oxygens (including phenoxy) is 2. The quantitative estimate of drug-likeness (QED) is 0.811. The number of benzene rings is 2. The number of carbonyl (C=O) groups is 1. The van der Waals surface area contributed by atoms with Crippen LogP contribution in [0.1, 0.15) is 15.9 Å². The van der Waals surface area contributed by atoms with Crippen LogP contribution in [0, 0.1) is 0 Å². The van der Waals surface area contributed by atoms with Crippen LogP contribution in [-0.2, 0) is 21.3 Å². The second kappa shape index (κ2) is 8.51. The number of hydrogen-bond donors (Lipinski definition) is 1. The molecule has 0 bridgehead atoms. The summed E-state index contributed by atoms with van der Waals surface area (Å²) in [7, 11) is -2.07. The lowest BCUT2D eigenvalue weighted by molar-refractivity contribution is 0.0730. The molecule has 0 unspecified atom stereocenters. The van der Waals surface area contributed by atoms with E-state index in [1.54, 1.807) is 55.6 Å². The number of amides is 1. The first-order valence-electron chi connectivity index (χ1n) is 8.60. The highest BCUT2D eigenvalue weighted by Crippen LogP contribution is 2.21. The third-order valence-electron chi connectivity index (χ3n) is 4.35. The molecule has 2 aromatic rings. The Morgan fingerprint density at radius 1 is 1.11 bits per heavy atom. The Labute approximate surface area is 158 Å². The molecule has 0 atom stereocenters. The molecule has 0 spiro atoms. The highest BCUT2D eigenvalue weighted by atomic mass is 32.2. The molecular weight excluding hydrogens is 368 g/mol. The lowest BCUT2D eigenvalue weighted by Gasteiger charge is -2.27. The molecular formula is C19H22N2O5S. The average molecular weight is 390 g/mol. The topological polar surface area (TPSA) is 84.9 Å². The van der Waals surface area contributed by atoms with E-state index < -0.39 is 10.0 Å². The summed E-state index contributed by atoms with van der Waals surface area (Å²) in [5.41, 5.74) is 1.02. The zero-order chi connectivity index (χ0) is 19.3. The van der Waals surface area contributed by atoms with E-state index in [1.807, 2.05) is 0 Å². The largest absolute Gasteiger partial charge is 0.497 e. The van der Waals surface area contributed by atoms with Crippen molar-refractivity contribution in [2.24, 2.45) is 0 Å². The molecule has 0 aliphatic carbocycles. The Kier molecular flexibility index (Phi) is 6.10. The summed E-state index contributed by atoms with van der Waals surface area (Å²) in [6.07, 6.45) is 0. The molecule has 3 rings (SSSR count). The zero-order valence-corrected chi connectivity index (χ0v) is 15.9. The molecule has 1 N–H and O–H groups in total. The monoisotopic (exact) mass is 390 g/mol. The van der Waals surface area contributed by atoms with Crippen molar-refractivity contribution < 1.29 is 22.7 Å². The minimum absolute atomic E-state index is 0.116. The minimum Gasteiger partial charge on any atom is -0.497 e. The van der Waals surface area contributed by atoms with Gasteiger partial charge in [-0.1, -0.05) is 18.2 Å². The minimum atomic E-state index is -3.63. The Hall–Kier alpha value is -2.42. The van der Waals surface area contributed by atoms with Gasteiger partial charge in [-0.15, -0.1) is 0 Å². The zero-order valence-electron chi connectivity index (χ0n) is 15.1. The van der Waals surface area contributed by atoms with Crippen molar-refractivity contribution >= 4 is 15.9 Å². The maximum Gasteiger partial charge on any atom is 0.251 e. The predicted molar refractivity (Wildman–Crippen MR) is 100 cm³/mol. The number of carbonyl (C=O) groups excluding carboxylic acids is 1. The molecule has 1 fully saturated rings. The van der Waals surface area contributed by atoms with Gasteiger partial charge in [0, 0.05) is 25.2 Å². The maximum atomic E-state index is 12.9. The smallest absolute Gasteiger partial charge is 0.251 e. The van der Waals surface area contributed by atoms with Crippen molar-refractivity contribution in [2.75, 3.05) is 33.4 Å². The van der Waals surface area contributed by atoms with E-state index in [-0.39, 0.29) is 17.3 Å². The molecule has 1 saturated heterocycles. The van der Waals surface area contributed by atoms with Crippen LogP contribution in [0.5, 0.6) is 5.75 Å². The molecule has 27 heavy (non-hydrogen) atoms. The van der Waals surface area contributed by atoms with Crippen LogP contribution in [-0.4, -0.2) is 52.0 Å². The third kappa shape index (κ3) is 4.47. The molecule has 1 aliphatic heterocycles. The van der Waals surface area contributed by atoms with E-state index in [0.29, 0.717) is 43.2 Å². The average Bonchev–Trinajstić information content (AvgIpc) is 2.73. The normalized spacial score (nSPS) is 15.3. The summed E-state index contributed by atoms with van der Waals surface area (Å²) in [4.78, 5) is 12.6. The van der Waals surface area contributed by atoms with Gasteiger partial charge in [0.05, 0.1) is 25.2 Å². The molecule has 0 saturated carbocycles. The second-order valence-corrected chi connectivity index (χ2v) is 7.94. The summed E-state index contributed by atoms with van der Waals surface area (Å²) in [5, 5.41) is 2.78. The highest BCUT2D eigenvalue weighted by molar-refractivity contribution is 7.89. The number of rotatable bonds is 6. The molecule has 0 aromatic heterocycles. The Balaban J connectivity index is 1.74. The molecule has 0 radical (unpaired) electrons. The van der Waals surface area contributed by atoms with E-state index in [0.717, 1.165) is 0 Å². The van der Waals surface area contributed by atoms with E-state index in [2.05, 4.69) is 5.32 Å². The fourth-order valence-electron chi connectivity index (χ4n) is 2.85. The number of morpholine rings is 1. The van der Waals surface area contributed by atoms with E-state index in [4.69, 9.17) is 9.47 Å². The van der Waals surface area contributed by atoms with Gasteiger partial charge in [0.25, 0.3) is 5.91 Å². The van der Waals surface area contributed by atoms with E-state index in [9.17, 15) is 13.2 Å². The standard InChI is InChI=1S/C19H22N2O5S/c1-25-17-8-6-15(7-9-17)19(22)20-14-16-4-2-3-5-18(16)27(23,24)21-10-12-26-13-11-21/h2-9H,10-14H2,1H3,(H,20,22). The van der Waals surface area contributed by atoms with Crippen LogP contribution in [0.3, 0.4) is 0 Å². The summed E-state index contributed by atoms with van der Waals surface area (Å²) in [6.45, 7) is 1.54. The van der Waals surface area contributed by atoms with Crippen LogP contribution in [0.4, 0.5) is 0 Å². The van der Waals surface area contributed by atoms with Crippen molar-refractivity contribution in [1.29, 1.82) is 0 Å². The Morgan fingerprint density at radius 2 is 1.78 bits per heavy atom. The lowest BCUT2D eigenvalue weighted by Crippen LogP contribution is -2.41. The first-order chi connectivity index (χ1) is 13.0. The Morgan fingerprint density at radius 3 is 2.44 bits per heavy atom. The van der Waals surface area contributed by atoms with Gasteiger partial charge in [0.15, 0.2) is 0 Å². The fourth-order valence-corrected chi connectivity index (χ4v) is 4.48. The van der Waals surface area contributed by atoms with Crippen molar-refractivity contribution in [3.8, 4) is 5.75 Å². The first-order valence-corrected chi connectivity index (χ1v) is 10.0. The Bertz CT molecular complexity index is 891. The molecule has 8 heteroatoms. The number of nitrogens with zero attached hydrogens (tertiary/aromatic N) is 1. The van der Waals surface area contributed by atoms with E-state index in [1.165, 1.54) is 4.31 Å². The summed E-state index contributed by atoms with van der Waals surface area (Å²) < 4.78 is 37.6. The maximum absolute atomic E-state index is 12.9. The predicted octanol–water partition coefficient (Wildman–Crippen LogP) is 1.65. The van der Waals surface area contributed by atoms with Gasteiger partial charge in [0.2, 0.25) is 10.0 Å². The number of nitrogens with one attached hydrogen (secondary N) is 1. The summed E-state index contributed by atoms with van der Waals surface area (Å²) >= 11 is 0.